The van der Waals surface area contributed by atoms with Crippen LogP contribution in [-0.4, -0.2) is 24.4 Å². The quantitative estimate of drug-likeness (QED) is 0.798. The van der Waals surface area contributed by atoms with E-state index in [0.717, 1.165) is 43.6 Å². The van der Waals surface area contributed by atoms with Gasteiger partial charge in [-0.2, -0.15) is 0 Å². The molecular formula is C15H20ClN3O2. The van der Waals surface area contributed by atoms with Crippen LogP contribution < -0.4 is 16.0 Å². The highest BCUT2D eigenvalue weighted by molar-refractivity contribution is 5.96. The molecular weight excluding hydrogens is 290 g/mol. The van der Waals surface area contributed by atoms with Gasteiger partial charge < -0.3 is 16.0 Å². The van der Waals surface area contributed by atoms with E-state index in [1.807, 2.05) is 24.3 Å². The SMILES string of the molecule is Cl.O=C(Nc1ccc(NC(=O)[C@@H]2CCCN2)cc1)C1CC1. The Morgan fingerprint density at radius 1 is 0.952 bits per heavy atom. The average molecular weight is 310 g/mol. The third kappa shape index (κ3) is 4.19. The standard InChI is InChI=1S/C15H19N3O2.ClH/c19-14(10-3-4-10)17-11-5-7-12(8-6-11)18-15(20)13-2-1-9-16-13;/h5-8,10,13,16H,1-4,9H2,(H,17,19)(H,18,20);1H/t13-;/m0./s1. The first kappa shape index (κ1) is 15.8. The van der Waals surface area contributed by atoms with Gasteiger partial charge in [-0.05, 0) is 56.5 Å². The van der Waals surface area contributed by atoms with Crippen molar-refractivity contribution in [2.45, 2.75) is 31.7 Å². The predicted octanol–water partition coefficient (Wildman–Crippen LogP) is 2.15. The zero-order valence-electron chi connectivity index (χ0n) is 11.7. The number of anilines is 2. The summed E-state index contributed by atoms with van der Waals surface area (Å²) in [6, 6.07) is 7.19. The highest BCUT2D eigenvalue weighted by Gasteiger charge is 2.29. The molecule has 21 heavy (non-hydrogen) atoms. The molecule has 2 amide bonds. The number of amides is 2. The summed E-state index contributed by atoms with van der Waals surface area (Å²) in [5, 5.41) is 8.93. The summed E-state index contributed by atoms with van der Waals surface area (Å²) in [4.78, 5) is 23.6. The fraction of sp³-hybridized carbons (Fsp3) is 0.467. The number of rotatable bonds is 4. The fourth-order valence-electron chi connectivity index (χ4n) is 2.36. The second-order valence-electron chi connectivity index (χ2n) is 5.48. The van der Waals surface area contributed by atoms with Crippen molar-refractivity contribution in [1.82, 2.24) is 5.32 Å². The molecule has 1 heterocycles. The van der Waals surface area contributed by atoms with Gasteiger partial charge in [-0.15, -0.1) is 12.4 Å². The molecule has 0 unspecified atom stereocenters. The molecule has 3 N–H and O–H groups in total. The van der Waals surface area contributed by atoms with Gasteiger partial charge in [0, 0.05) is 17.3 Å². The number of carbonyl (C=O) groups excluding carboxylic acids is 2. The first-order valence-corrected chi connectivity index (χ1v) is 7.17. The van der Waals surface area contributed by atoms with Gasteiger partial charge in [-0.3, -0.25) is 9.59 Å². The molecule has 6 heteroatoms. The molecule has 5 nitrogen and oxygen atoms in total. The Morgan fingerprint density at radius 2 is 1.52 bits per heavy atom. The van der Waals surface area contributed by atoms with Crippen LogP contribution in [0.2, 0.25) is 0 Å². The number of halogens is 1. The second kappa shape index (κ2) is 6.91. The van der Waals surface area contributed by atoms with E-state index in [1.54, 1.807) is 0 Å². The van der Waals surface area contributed by atoms with Crippen LogP contribution in [0.1, 0.15) is 25.7 Å². The van der Waals surface area contributed by atoms with E-state index >= 15 is 0 Å². The van der Waals surface area contributed by atoms with Gasteiger partial charge in [-0.25, -0.2) is 0 Å². The Kier molecular flexibility index (Phi) is 5.20. The summed E-state index contributed by atoms with van der Waals surface area (Å²) in [7, 11) is 0. The number of benzene rings is 1. The maximum absolute atomic E-state index is 11.9. The Hall–Kier alpha value is -1.59. The highest BCUT2D eigenvalue weighted by atomic mass is 35.5. The number of hydrogen-bond acceptors (Lipinski definition) is 3. The lowest BCUT2D eigenvalue weighted by atomic mass is 10.2. The van der Waals surface area contributed by atoms with E-state index in [1.165, 1.54) is 0 Å². The minimum Gasteiger partial charge on any atom is -0.326 e. The van der Waals surface area contributed by atoms with Gasteiger partial charge in [0.15, 0.2) is 0 Å². The lowest BCUT2D eigenvalue weighted by Crippen LogP contribution is -2.35. The van der Waals surface area contributed by atoms with Crippen molar-refractivity contribution < 1.29 is 9.59 Å². The van der Waals surface area contributed by atoms with E-state index < -0.39 is 0 Å². The summed E-state index contributed by atoms with van der Waals surface area (Å²) in [6.45, 7) is 0.907. The van der Waals surface area contributed by atoms with Gasteiger partial charge in [0.1, 0.15) is 0 Å². The maximum Gasteiger partial charge on any atom is 0.241 e. The summed E-state index contributed by atoms with van der Waals surface area (Å²) < 4.78 is 0. The summed E-state index contributed by atoms with van der Waals surface area (Å²) in [5.41, 5.74) is 1.53. The van der Waals surface area contributed by atoms with Gasteiger partial charge in [0.2, 0.25) is 11.8 Å². The average Bonchev–Trinajstić information content (AvgIpc) is 3.16. The molecule has 114 valence electrons. The third-order valence-corrected chi connectivity index (χ3v) is 3.74. The van der Waals surface area contributed by atoms with Crippen molar-refractivity contribution in [2.24, 2.45) is 5.92 Å². The number of nitrogens with one attached hydrogen (secondary N) is 3. The van der Waals surface area contributed by atoms with Crippen molar-refractivity contribution >= 4 is 35.6 Å². The Labute approximate surface area is 130 Å². The number of carbonyl (C=O) groups is 2. The molecule has 0 aromatic heterocycles. The van der Waals surface area contributed by atoms with Crippen LogP contribution in [0.3, 0.4) is 0 Å². The van der Waals surface area contributed by atoms with Crippen LogP contribution in [-0.2, 0) is 9.59 Å². The molecule has 1 aliphatic heterocycles. The monoisotopic (exact) mass is 309 g/mol. The van der Waals surface area contributed by atoms with Gasteiger partial charge in [0.05, 0.1) is 6.04 Å². The molecule has 1 saturated heterocycles. The first-order valence-electron chi connectivity index (χ1n) is 7.17. The van der Waals surface area contributed by atoms with E-state index in [0.29, 0.717) is 0 Å². The molecule has 0 bridgehead atoms. The largest absolute Gasteiger partial charge is 0.326 e. The molecule has 1 atom stereocenters. The first-order chi connectivity index (χ1) is 9.72. The van der Waals surface area contributed by atoms with Crippen molar-refractivity contribution in [3.05, 3.63) is 24.3 Å². The third-order valence-electron chi connectivity index (χ3n) is 3.74. The van der Waals surface area contributed by atoms with Crippen LogP contribution in [0.25, 0.3) is 0 Å². The minimum atomic E-state index is -0.0794. The van der Waals surface area contributed by atoms with Crippen LogP contribution in [0.15, 0.2) is 24.3 Å². The maximum atomic E-state index is 11.9. The lowest BCUT2D eigenvalue weighted by molar-refractivity contribution is -0.118. The van der Waals surface area contributed by atoms with Crippen molar-refractivity contribution in [2.75, 3.05) is 17.2 Å². The molecule has 2 aliphatic rings. The van der Waals surface area contributed by atoms with E-state index in [2.05, 4.69) is 16.0 Å². The summed E-state index contributed by atoms with van der Waals surface area (Å²) in [6.07, 6.45) is 3.92. The Morgan fingerprint density at radius 3 is 2.00 bits per heavy atom. The van der Waals surface area contributed by atoms with Crippen molar-refractivity contribution in [3.63, 3.8) is 0 Å². The molecule has 0 radical (unpaired) electrons. The molecule has 1 saturated carbocycles. The second-order valence-corrected chi connectivity index (χ2v) is 5.48. The normalized spacial score (nSPS) is 20.5. The van der Waals surface area contributed by atoms with Crippen LogP contribution in [0.5, 0.6) is 0 Å². The lowest BCUT2D eigenvalue weighted by Gasteiger charge is -2.11. The van der Waals surface area contributed by atoms with Crippen LogP contribution in [0.4, 0.5) is 11.4 Å². The van der Waals surface area contributed by atoms with Crippen LogP contribution in [0, 0.1) is 5.92 Å². The van der Waals surface area contributed by atoms with Crippen molar-refractivity contribution in [3.8, 4) is 0 Å². The van der Waals surface area contributed by atoms with Crippen molar-refractivity contribution in [1.29, 1.82) is 0 Å². The molecule has 3 rings (SSSR count). The molecule has 1 aromatic carbocycles. The predicted molar refractivity (Wildman–Crippen MR) is 84.7 cm³/mol. The zero-order valence-corrected chi connectivity index (χ0v) is 12.5. The van der Waals surface area contributed by atoms with E-state index in [-0.39, 0.29) is 36.2 Å². The minimum absolute atomic E-state index is 0. The fourth-order valence-corrected chi connectivity index (χ4v) is 2.36. The topological polar surface area (TPSA) is 70.2 Å². The van der Waals surface area contributed by atoms with E-state index in [9.17, 15) is 9.59 Å². The van der Waals surface area contributed by atoms with Crippen LogP contribution >= 0.6 is 12.4 Å². The Bertz CT molecular complexity index is 508. The summed E-state index contributed by atoms with van der Waals surface area (Å²) in [5.74, 6) is 0.303. The molecule has 1 aromatic rings. The molecule has 1 aliphatic carbocycles. The van der Waals surface area contributed by atoms with Gasteiger partial charge in [-0.1, -0.05) is 0 Å². The molecule has 0 spiro atoms. The van der Waals surface area contributed by atoms with E-state index in [4.69, 9.17) is 0 Å². The van der Waals surface area contributed by atoms with Gasteiger partial charge in [0.25, 0.3) is 0 Å². The zero-order chi connectivity index (χ0) is 13.9. The summed E-state index contributed by atoms with van der Waals surface area (Å²) >= 11 is 0. The number of hydrogen-bond donors (Lipinski definition) is 3. The molecule has 2 fully saturated rings. The van der Waals surface area contributed by atoms with Gasteiger partial charge >= 0.3 is 0 Å². The highest BCUT2D eigenvalue weighted by Crippen LogP contribution is 2.30. The smallest absolute Gasteiger partial charge is 0.241 e. The Balaban J connectivity index is 0.00000161.